The average Bonchev–Trinajstić information content (AvgIpc) is 3.14. The zero-order chi connectivity index (χ0) is 31.3. The lowest BCUT2D eigenvalue weighted by Crippen LogP contribution is -2.58. The molecule has 1 fully saturated rings. The van der Waals surface area contributed by atoms with Gasteiger partial charge in [0.25, 0.3) is 0 Å². The largest absolute Gasteiger partial charge is 0.347 e. The number of urea groups is 2. The van der Waals surface area contributed by atoms with E-state index >= 15 is 0 Å². The number of hydrogen-bond acceptors (Lipinski definition) is 5. The van der Waals surface area contributed by atoms with E-state index < -0.39 is 23.8 Å². The first kappa shape index (κ1) is 32.4. The van der Waals surface area contributed by atoms with Crippen molar-refractivity contribution >= 4 is 82.0 Å². The third-order valence-electron chi connectivity index (χ3n) is 6.72. The Labute approximate surface area is 268 Å². The molecule has 226 valence electrons. The first-order valence-electron chi connectivity index (χ1n) is 13.1. The second-order valence-electron chi connectivity index (χ2n) is 10.2. The lowest BCUT2D eigenvalue weighted by molar-refractivity contribution is -0.121. The van der Waals surface area contributed by atoms with E-state index in [1.165, 1.54) is 16.0 Å². The van der Waals surface area contributed by atoms with Crippen LogP contribution in [-0.4, -0.2) is 57.6 Å². The van der Waals surface area contributed by atoms with Crippen molar-refractivity contribution in [2.45, 2.75) is 38.4 Å². The molecule has 0 aliphatic carbocycles. The van der Waals surface area contributed by atoms with Crippen LogP contribution in [0.5, 0.6) is 0 Å². The summed E-state index contributed by atoms with van der Waals surface area (Å²) >= 11 is 24.0. The SMILES string of the molecule is CC1(C)C(N(O)C(=O)Nc2ccc(Cl)cc2)N(c2ccc(Cl)cc2)C(=O)N1CCCC(=O)NN=Cc1cc(Cl)cc(Cl)c1. The monoisotopic (exact) mass is 664 g/mol. The van der Waals surface area contributed by atoms with E-state index in [0.29, 0.717) is 42.1 Å². The molecule has 0 bridgehead atoms. The van der Waals surface area contributed by atoms with Crippen molar-refractivity contribution in [3.63, 3.8) is 0 Å². The van der Waals surface area contributed by atoms with Crippen LogP contribution in [0.1, 0.15) is 32.3 Å². The minimum atomic E-state index is -1.14. The number of hydrazone groups is 1. The van der Waals surface area contributed by atoms with Gasteiger partial charge in [-0.3, -0.25) is 14.9 Å². The number of halogens is 4. The predicted molar refractivity (Wildman–Crippen MR) is 169 cm³/mol. The number of hydroxylamine groups is 2. The molecule has 0 spiro atoms. The fourth-order valence-electron chi connectivity index (χ4n) is 4.69. The maximum absolute atomic E-state index is 13.8. The molecule has 1 unspecified atom stereocenters. The Morgan fingerprint density at radius 2 is 1.53 bits per heavy atom. The molecular weight excluding hydrogens is 638 g/mol. The van der Waals surface area contributed by atoms with Gasteiger partial charge in [-0.05, 0) is 92.6 Å². The number of nitrogens with one attached hydrogen (secondary N) is 2. The number of benzene rings is 3. The van der Waals surface area contributed by atoms with E-state index in [2.05, 4.69) is 15.8 Å². The van der Waals surface area contributed by atoms with Crippen LogP contribution in [0.3, 0.4) is 0 Å². The lowest BCUT2D eigenvalue weighted by Gasteiger charge is -2.38. The van der Waals surface area contributed by atoms with Gasteiger partial charge in [0.05, 0.1) is 11.8 Å². The molecular formula is C29H28Cl4N6O4. The van der Waals surface area contributed by atoms with Crippen LogP contribution >= 0.6 is 46.4 Å². The maximum atomic E-state index is 13.8. The van der Waals surface area contributed by atoms with E-state index in [9.17, 15) is 19.6 Å². The summed E-state index contributed by atoms with van der Waals surface area (Å²) in [7, 11) is 0. The zero-order valence-corrected chi connectivity index (χ0v) is 26.1. The maximum Gasteiger partial charge on any atom is 0.347 e. The summed E-state index contributed by atoms with van der Waals surface area (Å²) in [5.41, 5.74) is 2.78. The molecule has 43 heavy (non-hydrogen) atoms. The highest BCUT2D eigenvalue weighted by atomic mass is 35.5. The summed E-state index contributed by atoms with van der Waals surface area (Å²) in [6.45, 7) is 3.61. The highest BCUT2D eigenvalue weighted by molar-refractivity contribution is 6.35. The van der Waals surface area contributed by atoms with E-state index in [1.54, 1.807) is 80.6 Å². The molecule has 1 aliphatic heterocycles. The Morgan fingerprint density at radius 3 is 2.14 bits per heavy atom. The molecule has 3 aromatic carbocycles. The van der Waals surface area contributed by atoms with Gasteiger partial charge in [-0.15, -0.1) is 0 Å². The van der Waals surface area contributed by atoms with Crippen molar-refractivity contribution < 1.29 is 19.6 Å². The van der Waals surface area contributed by atoms with Crippen LogP contribution in [-0.2, 0) is 4.79 Å². The van der Waals surface area contributed by atoms with Gasteiger partial charge in [-0.2, -0.15) is 10.2 Å². The summed E-state index contributed by atoms with van der Waals surface area (Å²) in [4.78, 5) is 42.2. The van der Waals surface area contributed by atoms with Crippen molar-refractivity contribution in [2.75, 3.05) is 16.8 Å². The molecule has 1 atom stereocenters. The van der Waals surface area contributed by atoms with Crippen molar-refractivity contribution in [2.24, 2.45) is 5.10 Å². The standard InChI is InChI=1S/C29H28Cl4N6O4/c1-29(2)26(39(43)27(41)35-23-9-5-19(30)6-10-23)38(24-11-7-20(31)8-12-24)28(42)37(29)13-3-4-25(40)36-34-17-18-14-21(32)16-22(33)15-18/h5-12,14-17,26,43H,3-4,13H2,1-2H3,(H,35,41)(H,36,40). The Bertz CT molecular complexity index is 1500. The quantitative estimate of drug-likeness (QED) is 0.125. The summed E-state index contributed by atoms with van der Waals surface area (Å²) in [5.74, 6) is -0.369. The van der Waals surface area contributed by atoms with Gasteiger partial charge < -0.3 is 10.2 Å². The van der Waals surface area contributed by atoms with Crippen molar-refractivity contribution in [3.8, 4) is 0 Å². The van der Waals surface area contributed by atoms with Crippen LogP contribution in [0.15, 0.2) is 71.8 Å². The molecule has 1 heterocycles. The highest BCUT2D eigenvalue weighted by Gasteiger charge is 2.55. The van der Waals surface area contributed by atoms with Gasteiger partial charge in [-0.1, -0.05) is 46.4 Å². The molecule has 3 aromatic rings. The van der Waals surface area contributed by atoms with E-state index in [-0.39, 0.29) is 25.3 Å². The van der Waals surface area contributed by atoms with Gasteiger partial charge in [0.2, 0.25) is 5.91 Å². The topological polar surface area (TPSA) is 118 Å². The molecule has 5 amide bonds. The molecule has 0 saturated carbocycles. The van der Waals surface area contributed by atoms with E-state index in [4.69, 9.17) is 46.4 Å². The van der Waals surface area contributed by atoms with E-state index in [0.717, 1.165) is 0 Å². The predicted octanol–water partition coefficient (Wildman–Crippen LogP) is 7.50. The zero-order valence-electron chi connectivity index (χ0n) is 23.1. The lowest BCUT2D eigenvalue weighted by atomic mass is 9.99. The molecule has 1 aliphatic rings. The number of anilines is 2. The van der Waals surface area contributed by atoms with Crippen LogP contribution in [0.25, 0.3) is 0 Å². The Balaban J connectivity index is 1.47. The number of carbonyl (C=O) groups is 3. The van der Waals surface area contributed by atoms with Crippen LogP contribution in [0.2, 0.25) is 20.1 Å². The van der Waals surface area contributed by atoms with Gasteiger partial charge >= 0.3 is 12.1 Å². The average molecular weight is 666 g/mol. The summed E-state index contributed by atoms with van der Waals surface area (Å²) < 4.78 is 0. The van der Waals surface area contributed by atoms with Crippen LogP contribution in [0, 0.1) is 0 Å². The Morgan fingerprint density at radius 1 is 0.953 bits per heavy atom. The van der Waals surface area contributed by atoms with Crippen LogP contribution < -0.4 is 15.6 Å². The number of carbonyl (C=O) groups excluding carboxylic acids is 3. The number of hydrogen-bond donors (Lipinski definition) is 3. The van der Waals surface area contributed by atoms with Crippen molar-refractivity contribution in [3.05, 3.63) is 92.4 Å². The van der Waals surface area contributed by atoms with Gasteiger partial charge in [0.15, 0.2) is 6.17 Å². The summed E-state index contributed by atoms with van der Waals surface area (Å²) in [5, 5.41) is 20.0. The number of rotatable bonds is 9. The van der Waals surface area contributed by atoms with Crippen LogP contribution in [0.4, 0.5) is 21.0 Å². The second kappa shape index (κ2) is 13.8. The van der Waals surface area contributed by atoms with E-state index in [1.807, 2.05) is 0 Å². The molecule has 1 saturated heterocycles. The first-order valence-corrected chi connectivity index (χ1v) is 14.6. The third kappa shape index (κ3) is 7.90. The minimum absolute atomic E-state index is 0.0546. The van der Waals surface area contributed by atoms with Crippen molar-refractivity contribution in [1.29, 1.82) is 0 Å². The molecule has 3 N–H and O–H groups in total. The third-order valence-corrected chi connectivity index (χ3v) is 7.66. The summed E-state index contributed by atoms with van der Waals surface area (Å²) in [6.07, 6.45) is 0.612. The fourth-order valence-corrected chi connectivity index (χ4v) is 5.48. The van der Waals surface area contributed by atoms with Gasteiger partial charge in [0, 0.05) is 44.4 Å². The molecule has 0 aromatic heterocycles. The van der Waals surface area contributed by atoms with Crippen molar-refractivity contribution in [1.82, 2.24) is 15.4 Å². The minimum Gasteiger partial charge on any atom is -0.315 e. The Hall–Kier alpha value is -3.54. The second-order valence-corrected chi connectivity index (χ2v) is 11.9. The van der Waals surface area contributed by atoms with Gasteiger partial charge in [-0.25, -0.2) is 15.0 Å². The number of amides is 5. The first-order chi connectivity index (χ1) is 20.4. The molecule has 10 nitrogen and oxygen atoms in total. The smallest absolute Gasteiger partial charge is 0.315 e. The van der Waals surface area contributed by atoms with Gasteiger partial charge in [0.1, 0.15) is 0 Å². The molecule has 0 radical (unpaired) electrons. The number of nitrogens with zero attached hydrogens (tertiary/aromatic N) is 4. The summed E-state index contributed by atoms with van der Waals surface area (Å²) in [6, 6.07) is 16.4. The Kier molecular flexibility index (Phi) is 10.4. The molecule has 14 heteroatoms. The fraction of sp³-hybridized carbons (Fsp3) is 0.241. The highest BCUT2D eigenvalue weighted by Crippen LogP contribution is 2.38. The molecule has 4 rings (SSSR count). The normalized spacial score (nSPS) is 16.1.